The summed E-state index contributed by atoms with van der Waals surface area (Å²) < 4.78 is 0. The largest absolute Gasteiger partial charge is 0.326 e. The van der Waals surface area contributed by atoms with Crippen LogP contribution in [0.2, 0.25) is 0 Å². The lowest BCUT2D eigenvalue weighted by molar-refractivity contribution is 0.775. The van der Waals surface area contributed by atoms with Gasteiger partial charge in [-0.3, -0.25) is 0 Å². The van der Waals surface area contributed by atoms with Crippen LogP contribution in [-0.2, 0) is 0 Å². The lowest BCUT2D eigenvalue weighted by Gasteiger charge is -2.24. The SMILES string of the molecule is CCCCN(c1ccccc1)c1ccc([C@H](C)N)cn1. The fourth-order valence-electron chi connectivity index (χ4n) is 2.13. The van der Waals surface area contributed by atoms with Gasteiger partial charge in [0.1, 0.15) is 5.82 Å². The first-order chi connectivity index (χ1) is 9.72. The molecule has 0 spiro atoms. The van der Waals surface area contributed by atoms with Crippen LogP contribution in [0.4, 0.5) is 11.5 Å². The predicted molar refractivity (Wildman–Crippen MR) is 85.2 cm³/mol. The normalized spacial score (nSPS) is 12.2. The zero-order valence-corrected chi connectivity index (χ0v) is 12.3. The van der Waals surface area contributed by atoms with Crippen molar-refractivity contribution in [3.63, 3.8) is 0 Å². The molecule has 1 aromatic carbocycles. The highest BCUT2D eigenvalue weighted by Gasteiger charge is 2.10. The number of pyridine rings is 1. The lowest BCUT2D eigenvalue weighted by atomic mass is 10.1. The van der Waals surface area contributed by atoms with Crippen LogP contribution in [0, 0.1) is 0 Å². The van der Waals surface area contributed by atoms with E-state index in [0.717, 1.165) is 24.3 Å². The van der Waals surface area contributed by atoms with Gasteiger partial charge in [0, 0.05) is 24.5 Å². The van der Waals surface area contributed by atoms with Gasteiger partial charge >= 0.3 is 0 Å². The Morgan fingerprint density at radius 1 is 1.15 bits per heavy atom. The highest BCUT2D eigenvalue weighted by atomic mass is 15.2. The number of aromatic nitrogens is 1. The third-order valence-electron chi connectivity index (χ3n) is 3.38. The summed E-state index contributed by atoms with van der Waals surface area (Å²) in [5.41, 5.74) is 8.13. The van der Waals surface area contributed by atoms with Crippen LogP contribution in [0.15, 0.2) is 48.7 Å². The second kappa shape index (κ2) is 7.06. The van der Waals surface area contributed by atoms with E-state index >= 15 is 0 Å². The lowest BCUT2D eigenvalue weighted by Crippen LogP contribution is -2.19. The molecule has 2 rings (SSSR count). The predicted octanol–water partition coefficient (Wildman–Crippen LogP) is 4.04. The van der Waals surface area contributed by atoms with E-state index in [1.165, 1.54) is 12.1 Å². The van der Waals surface area contributed by atoms with E-state index in [1.54, 1.807) is 0 Å². The third-order valence-corrected chi connectivity index (χ3v) is 3.38. The smallest absolute Gasteiger partial charge is 0.132 e. The van der Waals surface area contributed by atoms with E-state index in [1.807, 2.05) is 19.2 Å². The minimum absolute atomic E-state index is 0.0253. The van der Waals surface area contributed by atoms with Crippen molar-refractivity contribution in [1.29, 1.82) is 0 Å². The average molecular weight is 269 g/mol. The molecule has 1 heterocycles. The standard InChI is InChI=1S/C17H23N3/c1-3-4-12-20(16-8-6-5-7-9-16)17-11-10-15(13-19-17)14(2)18/h5-11,13-14H,3-4,12,18H2,1-2H3/t14-/m0/s1. The quantitative estimate of drug-likeness (QED) is 0.860. The van der Waals surface area contributed by atoms with Crippen molar-refractivity contribution < 1.29 is 0 Å². The number of nitrogens with two attached hydrogens (primary N) is 1. The number of unbranched alkanes of at least 4 members (excludes halogenated alkanes) is 1. The first kappa shape index (κ1) is 14.5. The van der Waals surface area contributed by atoms with Crippen molar-refractivity contribution in [1.82, 2.24) is 4.98 Å². The first-order valence-electron chi connectivity index (χ1n) is 7.26. The Kier molecular flexibility index (Phi) is 5.13. The van der Waals surface area contributed by atoms with E-state index in [-0.39, 0.29) is 6.04 Å². The zero-order chi connectivity index (χ0) is 14.4. The van der Waals surface area contributed by atoms with Crippen molar-refractivity contribution in [2.24, 2.45) is 5.73 Å². The zero-order valence-electron chi connectivity index (χ0n) is 12.3. The maximum atomic E-state index is 5.88. The van der Waals surface area contributed by atoms with Gasteiger partial charge in [-0.05, 0) is 37.1 Å². The summed E-state index contributed by atoms with van der Waals surface area (Å²) in [6.07, 6.45) is 4.19. The maximum absolute atomic E-state index is 5.88. The summed E-state index contributed by atoms with van der Waals surface area (Å²) in [7, 11) is 0. The number of nitrogens with zero attached hydrogens (tertiary/aromatic N) is 2. The van der Waals surface area contributed by atoms with E-state index in [9.17, 15) is 0 Å². The molecule has 1 atom stereocenters. The Bertz CT molecular complexity index is 506. The fraction of sp³-hybridized carbons (Fsp3) is 0.353. The van der Waals surface area contributed by atoms with Crippen molar-refractivity contribution >= 4 is 11.5 Å². The van der Waals surface area contributed by atoms with E-state index < -0.39 is 0 Å². The number of hydrogen-bond donors (Lipinski definition) is 1. The minimum atomic E-state index is 0.0253. The van der Waals surface area contributed by atoms with Crippen LogP contribution in [0.1, 0.15) is 38.3 Å². The molecule has 1 aromatic heterocycles. The Balaban J connectivity index is 2.26. The Hall–Kier alpha value is -1.87. The number of para-hydroxylation sites is 1. The molecular formula is C17H23N3. The summed E-state index contributed by atoms with van der Waals surface area (Å²) in [4.78, 5) is 6.83. The maximum Gasteiger partial charge on any atom is 0.132 e. The minimum Gasteiger partial charge on any atom is -0.326 e. The Morgan fingerprint density at radius 2 is 1.90 bits per heavy atom. The second-order valence-corrected chi connectivity index (χ2v) is 5.08. The highest BCUT2D eigenvalue weighted by Crippen LogP contribution is 2.24. The molecule has 20 heavy (non-hydrogen) atoms. The summed E-state index contributed by atoms with van der Waals surface area (Å²) in [5, 5.41) is 0. The summed E-state index contributed by atoms with van der Waals surface area (Å²) in [6.45, 7) is 5.16. The molecule has 0 aliphatic carbocycles. The van der Waals surface area contributed by atoms with Crippen LogP contribution in [-0.4, -0.2) is 11.5 Å². The van der Waals surface area contributed by atoms with Crippen molar-refractivity contribution in [2.75, 3.05) is 11.4 Å². The first-order valence-corrected chi connectivity index (χ1v) is 7.26. The van der Waals surface area contributed by atoms with Crippen LogP contribution < -0.4 is 10.6 Å². The van der Waals surface area contributed by atoms with Crippen molar-refractivity contribution in [3.8, 4) is 0 Å². The number of anilines is 2. The van der Waals surface area contributed by atoms with E-state index in [2.05, 4.69) is 53.2 Å². The van der Waals surface area contributed by atoms with E-state index in [0.29, 0.717) is 0 Å². The van der Waals surface area contributed by atoms with Crippen molar-refractivity contribution in [3.05, 3.63) is 54.2 Å². The van der Waals surface area contributed by atoms with Crippen LogP contribution in [0.3, 0.4) is 0 Å². The molecule has 0 amide bonds. The van der Waals surface area contributed by atoms with Gasteiger partial charge in [-0.15, -0.1) is 0 Å². The molecule has 0 fully saturated rings. The molecule has 0 radical (unpaired) electrons. The number of benzene rings is 1. The summed E-state index contributed by atoms with van der Waals surface area (Å²) >= 11 is 0. The van der Waals surface area contributed by atoms with Crippen LogP contribution in [0.5, 0.6) is 0 Å². The van der Waals surface area contributed by atoms with Gasteiger partial charge < -0.3 is 10.6 Å². The number of hydrogen-bond acceptors (Lipinski definition) is 3. The summed E-state index contributed by atoms with van der Waals surface area (Å²) in [5.74, 6) is 0.981. The second-order valence-electron chi connectivity index (χ2n) is 5.08. The number of rotatable bonds is 6. The van der Waals surface area contributed by atoms with Gasteiger partial charge in [0.25, 0.3) is 0 Å². The molecule has 0 saturated heterocycles. The molecule has 0 saturated carbocycles. The molecule has 0 aliphatic heterocycles. The van der Waals surface area contributed by atoms with E-state index in [4.69, 9.17) is 5.73 Å². The molecule has 2 N–H and O–H groups in total. The molecule has 3 heteroatoms. The monoisotopic (exact) mass is 269 g/mol. The fourth-order valence-corrected chi connectivity index (χ4v) is 2.13. The molecule has 106 valence electrons. The molecule has 0 aliphatic rings. The molecule has 2 aromatic rings. The van der Waals surface area contributed by atoms with Crippen molar-refractivity contribution in [2.45, 2.75) is 32.7 Å². The van der Waals surface area contributed by atoms with Gasteiger partial charge in [-0.1, -0.05) is 37.6 Å². The van der Waals surface area contributed by atoms with Crippen LogP contribution >= 0.6 is 0 Å². The van der Waals surface area contributed by atoms with Gasteiger partial charge in [-0.25, -0.2) is 4.98 Å². The van der Waals surface area contributed by atoms with Crippen LogP contribution in [0.25, 0.3) is 0 Å². The van der Waals surface area contributed by atoms with Gasteiger partial charge in [0.15, 0.2) is 0 Å². The molecule has 3 nitrogen and oxygen atoms in total. The average Bonchev–Trinajstić information content (AvgIpc) is 2.49. The van der Waals surface area contributed by atoms with Gasteiger partial charge in [0.05, 0.1) is 0 Å². The molecular weight excluding hydrogens is 246 g/mol. The Morgan fingerprint density at radius 3 is 2.45 bits per heavy atom. The Labute approximate surface area is 121 Å². The summed E-state index contributed by atoms with van der Waals surface area (Å²) in [6, 6.07) is 14.5. The third kappa shape index (κ3) is 3.58. The molecule has 0 unspecified atom stereocenters. The molecule has 0 bridgehead atoms. The topological polar surface area (TPSA) is 42.1 Å². The highest BCUT2D eigenvalue weighted by molar-refractivity contribution is 5.59. The van der Waals surface area contributed by atoms with Gasteiger partial charge in [0.2, 0.25) is 0 Å². The van der Waals surface area contributed by atoms with Gasteiger partial charge in [-0.2, -0.15) is 0 Å².